The van der Waals surface area contributed by atoms with Crippen LogP contribution in [0.4, 0.5) is 0 Å². The van der Waals surface area contributed by atoms with Crippen molar-refractivity contribution in [3.8, 4) is 0 Å². The van der Waals surface area contributed by atoms with Crippen LogP contribution in [0.5, 0.6) is 0 Å². The standard InChI is InChI=1S/C12H18N2O2/c1-2-11(8-15)14-7-9-4-3-5-10(6-9)12(13)16/h3-6,11,14-15H,2,7-8H2,1H3,(H2,13,16)/t11-/m1/s1. The van der Waals surface area contributed by atoms with E-state index in [1.54, 1.807) is 18.2 Å². The number of carbonyl (C=O) groups is 1. The minimum Gasteiger partial charge on any atom is -0.395 e. The average Bonchev–Trinajstić information content (AvgIpc) is 2.31. The van der Waals surface area contributed by atoms with Gasteiger partial charge >= 0.3 is 0 Å². The molecule has 4 heteroatoms. The van der Waals surface area contributed by atoms with Crippen LogP contribution < -0.4 is 11.1 Å². The summed E-state index contributed by atoms with van der Waals surface area (Å²) < 4.78 is 0. The van der Waals surface area contributed by atoms with Gasteiger partial charge in [-0.3, -0.25) is 4.79 Å². The van der Waals surface area contributed by atoms with Crippen molar-refractivity contribution >= 4 is 5.91 Å². The zero-order chi connectivity index (χ0) is 12.0. The molecule has 0 bridgehead atoms. The van der Waals surface area contributed by atoms with Crippen LogP contribution in [0.2, 0.25) is 0 Å². The van der Waals surface area contributed by atoms with Crippen molar-refractivity contribution in [2.24, 2.45) is 5.73 Å². The molecule has 1 atom stereocenters. The third-order valence-corrected chi connectivity index (χ3v) is 2.52. The Hall–Kier alpha value is -1.39. The Balaban J connectivity index is 2.60. The molecule has 0 unspecified atom stereocenters. The van der Waals surface area contributed by atoms with Crippen molar-refractivity contribution in [2.75, 3.05) is 6.61 Å². The summed E-state index contributed by atoms with van der Waals surface area (Å²) in [5.41, 5.74) is 6.69. The molecule has 4 N–H and O–H groups in total. The van der Waals surface area contributed by atoms with Crippen LogP contribution >= 0.6 is 0 Å². The molecule has 1 rings (SSSR count). The van der Waals surface area contributed by atoms with Crippen molar-refractivity contribution in [3.63, 3.8) is 0 Å². The number of hydrogen-bond acceptors (Lipinski definition) is 3. The highest BCUT2D eigenvalue weighted by Gasteiger charge is 2.05. The molecule has 1 amide bonds. The third kappa shape index (κ3) is 3.64. The van der Waals surface area contributed by atoms with Gasteiger partial charge in [-0.15, -0.1) is 0 Å². The van der Waals surface area contributed by atoms with Crippen molar-refractivity contribution in [1.29, 1.82) is 0 Å². The van der Waals surface area contributed by atoms with E-state index < -0.39 is 5.91 Å². The van der Waals surface area contributed by atoms with Gasteiger partial charge in [0.05, 0.1) is 6.61 Å². The summed E-state index contributed by atoms with van der Waals surface area (Å²) in [6.45, 7) is 2.75. The Morgan fingerprint density at radius 2 is 2.31 bits per heavy atom. The molecule has 0 aromatic heterocycles. The van der Waals surface area contributed by atoms with Crippen molar-refractivity contribution in [2.45, 2.75) is 25.9 Å². The van der Waals surface area contributed by atoms with E-state index in [0.717, 1.165) is 12.0 Å². The van der Waals surface area contributed by atoms with Crippen LogP contribution in [0.1, 0.15) is 29.3 Å². The van der Waals surface area contributed by atoms with E-state index in [1.165, 1.54) is 0 Å². The third-order valence-electron chi connectivity index (χ3n) is 2.52. The summed E-state index contributed by atoms with van der Waals surface area (Å²) in [5, 5.41) is 12.2. The van der Waals surface area contributed by atoms with Gasteiger partial charge in [-0.05, 0) is 24.1 Å². The highest BCUT2D eigenvalue weighted by Crippen LogP contribution is 2.05. The van der Waals surface area contributed by atoms with Gasteiger partial charge in [0.1, 0.15) is 0 Å². The first-order chi connectivity index (χ1) is 7.67. The lowest BCUT2D eigenvalue weighted by atomic mass is 10.1. The molecular weight excluding hydrogens is 204 g/mol. The summed E-state index contributed by atoms with van der Waals surface area (Å²) >= 11 is 0. The summed E-state index contributed by atoms with van der Waals surface area (Å²) in [6.07, 6.45) is 0.867. The highest BCUT2D eigenvalue weighted by atomic mass is 16.3. The largest absolute Gasteiger partial charge is 0.395 e. The molecule has 0 spiro atoms. The Morgan fingerprint density at radius 1 is 1.56 bits per heavy atom. The first-order valence-corrected chi connectivity index (χ1v) is 5.40. The van der Waals surface area contributed by atoms with Crippen LogP contribution in [-0.2, 0) is 6.54 Å². The van der Waals surface area contributed by atoms with Crippen LogP contribution in [0.3, 0.4) is 0 Å². The number of carbonyl (C=O) groups excluding carboxylic acids is 1. The second-order valence-electron chi connectivity index (χ2n) is 3.73. The van der Waals surface area contributed by atoms with E-state index in [2.05, 4.69) is 5.32 Å². The molecule has 0 saturated heterocycles. The molecule has 0 saturated carbocycles. The van der Waals surface area contributed by atoms with Crippen molar-refractivity contribution < 1.29 is 9.90 Å². The van der Waals surface area contributed by atoms with Gasteiger partial charge in [0.15, 0.2) is 0 Å². The molecule has 1 aromatic rings. The number of aliphatic hydroxyl groups is 1. The lowest BCUT2D eigenvalue weighted by Gasteiger charge is -2.14. The summed E-state index contributed by atoms with van der Waals surface area (Å²) in [5.74, 6) is -0.420. The van der Waals surface area contributed by atoms with Gasteiger partial charge < -0.3 is 16.2 Å². The number of primary amides is 1. The van der Waals surface area contributed by atoms with Gasteiger partial charge in [0.25, 0.3) is 0 Å². The number of hydrogen-bond donors (Lipinski definition) is 3. The van der Waals surface area contributed by atoms with Crippen molar-refractivity contribution in [3.05, 3.63) is 35.4 Å². The number of amides is 1. The maximum Gasteiger partial charge on any atom is 0.248 e. The first kappa shape index (κ1) is 12.7. The normalized spacial score (nSPS) is 12.4. The van der Waals surface area contributed by atoms with Crippen LogP contribution in [0, 0.1) is 0 Å². The molecule has 0 aliphatic heterocycles. The predicted molar refractivity (Wildman–Crippen MR) is 63.0 cm³/mol. The summed E-state index contributed by atoms with van der Waals surface area (Å²) in [4.78, 5) is 11.0. The first-order valence-electron chi connectivity index (χ1n) is 5.40. The minimum atomic E-state index is -0.420. The summed E-state index contributed by atoms with van der Waals surface area (Å²) in [6, 6.07) is 7.27. The SMILES string of the molecule is CC[C@H](CO)NCc1cccc(C(N)=O)c1. The Morgan fingerprint density at radius 3 is 2.88 bits per heavy atom. The average molecular weight is 222 g/mol. The van der Waals surface area contributed by atoms with Gasteiger partial charge in [0, 0.05) is 18.2 Å². The minimum absolute atomic E-state index is 0.0947. The Labute approximate surface area is 95.5 Å². The highest BCUT2D eigenvalue weighted by molar-refractivity contribution is 5.92. The second-order valence-corrected chi connectivity index (χ2v) is 3.73. The number of rotatable bonds is 6. The maximum absolute atomic E-state index is 11.0. The van der Waals surface area contributed by atoms with E-state index >= 15 is 0 Å². The zero-order valence-electron chi connectivity index (χ0n) is 9.44. The molecular formula is C12H18N2O2. The lowest BCUT2D eigenvalue weighted by Crippen LogP contribution is -2.31. The molecule has 0 heterocycles. The second kappa shape index (κ2) is 6.25. The molecule has 0 aliphatic carbocycles. The Kier molecular flexibility index (Phi) is 4.95. The fourth-order valence-corrected chi connectivity index (χ4v) is 1.43. The van der Waals surface area contributed by atoms with Gasteiger partial charge in [-0.2, -0.15) is 0 Å². The van der Waals surface area contributed by atoms with Gasteiger partial charge in [0.2, 0.25) is 5.91 Å². The zero-order valence-corrected chi connectivity index (χ0v) is 9.44. The van der Waals surface area contributed by atoms with E-state index in [-0.39, 0.29) is 12.6 Å². The topological polar surface area (TPSA) is 75.3 Å². The molecule has 88 valence electrons. The maximum atomic E-state index is 11.0. The molecule has 16 heavy (non-hydrogen) atoms. The van der Waals surface area contributed by atoms with E-state index in [1.807, 2.05) is 13.0 Å². The van der Waals surface area contributed by atoms with Gasteiger partial charge in [-0.1, -0.05) is 19.1 Å². The fourth-order valence-electron chi connectivity index (χ4n) is 1.43. The molecule has 1 aromatic carbocycles. The quantitative estimate of drug-likeness (QED) is 0.661. The smallest absolute Gasteiger partial charge is 0.248 e. The fraction of sp³-hybridized carbons (Fsp3) is 0.417. The lowest BCUT2D eigenvalue weighted by molar-refractivity contribution is 0.1000. The van der Waals surface area contributed by atoms with Crippen LogP contribution in [0.15, 0.2) is 24.3 Å². The van der Waals surface area contributed by atoms with E-state index in [9.17, 15) is 4.79 Å². The van der Waals surface area contributed by atoms with E-state index in [0.29, 0.717) is 12.1 Å². The number of nitrogens with one attached hydrogen (secondary N) is 1. The van der Waals surface area contributed by atoms with Crippen LogP contribution in [-0.4, -0.2) is 23.7 Å². The molecule has 0 fully saturated rings. The van der Waals surface area contributed by atoms with E-state index in [4.69, 9.17) is 10.8 Å². The summed E-state index contributed by atoms with van der Waals surface area (Å²) in [7, 11) is 0. The Bertz CT molecular complexity index is 349. The van der Waals surface area contributed by atoms with Gasteiger partial charge in [-0.25, -0.2) is 0 Å². The molecule has 0 radical (unpaired) electrons. The van der Waals surface area contributed by atoms with Crippen LogP contribution in [0.25, 0.3) is 0 Å². The number of benzene rings is 1. The van der Waals surface area contributed by atoms with Crippen molar-refractivity contribution in [1.82, 2.24) is 5.32 Å². The number of nitrogens with two attached hydrogens (primary N) is 1. The predicted octanol–water partition coefficient (Wildman–Crippen LogP) is 0.646. The monoisotopic (exact) mass is 222 g/mol. The number of aliphatic hydroxyl groups excluding tert-OH is 1. The molecule has 4 nitrogen and oxygen atoms in total. The molecule has 0 aliphatic rings.